The maximum absolute atomic E-state index is 13.3. The molecule has 1 aromatic carbocycles. The quantitative estimate of drug-likeness (QED) is 0.673. The van der Waals surface area contributed by atoms with E-state index in [2.05, 4.69) is 18.9 Å². The third kappa shape index (κ3) is 3.25. The molecule has 0 unspecified atom stereocenters. The van der Waals surface area contributed by atoms with Gasteiger partial charge < -0.3 is 14.4 Å². The van der Waals surface area contributed by atoms with Gasteiger partial charge in [0.1, 0.15) is 13.2 Å². The number of nitrogens with zero attached hydrogens (tertiary/aromatic N) is 2. The van der Waals surface area contributed by atoms with Crippen molar-refractivity contribution in [1.29, 1.82) is 0 Å². The van der Waals surface area contributed by atoms with E-state index in [1.807, 2.05) is 17.0 Å². The second-order valence-electron chi connectivity index (χ2n) is 9.73. The van der Waals surface area contributed by atoms with Crippen LogP contribution in [-0.2, 0) is 32.2 Å². The molecule has 7 heteroatoms. The molecular formula is C25H30N2O5. The number of cyclic esters (lactones) is 2. The van der Waals surface area contributed by atoms with Gasteiger partial charge in [0.15, 0.2) is 0 Å². The highest BCUT2D eigenvalue weighted by atomic mass is 16.5. The molecule has 1 aromatic rings. The Morgan fingerprint density at radius 1 is 1.03 bits per heavy atom. The summed E-state index contributed by atoms with van der Waals surface area (Å²) in [7, 11) is 2.15. The van der Waals surface area contributed by atoms with Crippen molar-refractivity contribution in [2.24, 2.45) is 5.41 Å². The first-order valence-corrected chi connectivity index (χ1v) is 11.5. The summed E-state index contributed by atoms with van der Waals surface area (Å²) in [5.74, 6) is -0.363. The third-order valence-corrected chi connectivity index (χ3v) is 8.15. The molecule has 1 saturated heterocycles. The van der Waals surface area contributed by atoms with Crippen molar-refractivity contribution in [3.63, 3.8) is 0 Å². The molecule has 5 rings (SSSR count). The van der Waals surface area contributed by atoms with Gasteiger partial charge in [0, 0.05) is 24.7 Å². The Morgan fingerprint density at radius 2 is 1.75 bits per heavy atom. The normalized spacial score (nSPS) is 27.6. The molecule has 32 heavy (non-hydrogen) atoms. The van der Waals surface area contributed by atoms with Gasteiger partial charge in [-0.05, 0) is 70.2 Å². The van der Waals surface area contributed by atoms with Crippen LogP contribution in [0.4, 0.5) is 0 Å². The van der Waals surface area contributed by atoms with E-state index in [1.54, 1.807) is 6.92 Å². The minimum absolute atomic E-state index is 0.172. The molecular weight excluding hydrogens is 408 g/mol. The van der Waals surface area contributed by atoms with E-state index in [0.29, 0.717) is 30.3 Å². The number of likely N-dealkylation sites (tertiary alicyclic amines) is 1. The summed E-state index contributed by atoms with van der Waals surface area (Å²) in [5, 5.41) is 0. The molecule has 7 nitrogen and oxygen atoms in total. The van der Waals surface area contributed by atoms with Gasteiger partial charge in [-0.25, -0.2) is 9.59 Å². The van der Waals surface area contributed by atoms with Gasteiger partial charge in [0.2, 0.25) is 5.91 Å². The molecule has 0 bridgehead atoms. The van der Waals surface area contributed by atoms with Crippen LogP contribution >= 0.6 is 0 Å². The Labute approximate surface area is 188 Å². The Kier molecular flexibility index (Phi) is 5.12. The highest BCUT2D eigenvalue weighted by Crippen LogP contribution is 2.47. The largest absolute Gasteiger partial charge is 0.457 e. The van der Waals surface area contributed by atoms with Crippen LogP contribution in [0.5, 0.6) is 0 Å². The minimum atomic E-state index is -0.308. The Bertz CT molecular complexity index is 1040. The molecule has 1 saturated carbocycles. The number of benzene rings is 1. The fourth-order valence-corrected chi connectivity index (χ4v) is 5.85. The van der Waals surface area contributed by atoms with E-state index in [1.165, 1.54) is 5.56 Å². The van der Waals surface area contributed by atoms with Crippen LogP contribution in [0.2, 0.25) is 0 Å². The van der Waals surface area contributed by atoms with Crippen LogP contribution < -0.4 is 0 Å². The maximum atomic E-state index is 13.3. The van der Waals surface area contributed by atoms with E-state index in [0.717, 1.165) is 55.5 Å². The number of carbonyl (C=O) groups excluding carboxylic acids is 3. The highest BCUT2D eigenvalue weighted by Gasteiger charge is 2.50. The molecule has 0 radical (unpaired) electrons. The molecule has 1 aliphatic carbocycles. The van der Waals surface area contributed by atoms with Crippen LogP contribution in [0.3, 0.4) is 0 Å². The molecule has 3 aliphatic heterocycles. The third-order valence-electron chi connectivity index (χ3n) is 8.15. The number of amides is 1. The predicted molar refractivity (Wildman–Crippen MR) is 116 cm³/mol. The summed E-state index contributed by atoms with van der Waals surface area (Å²) in [5.41, 5.74) is 5.10. The SMILES string of the molecule is CC1=C(N2CC[C@]3(CC[C@H](N(C)Cc4ccc5c(c4C)COC5=O)CC3)C2=O)COC1=O. The average Bonchev–Trinajstić information content (AvgIpc) is 3.42. The fraction of sp³-hybridized carbons (Fsp3) is 0.560. The summed E-state index contributed by atoms with van der Waals surface area (Å²) in [4.78, 5) is 41.1. The van der Waals surface area contributed by atoms with Crippen molar-refractivity contribution in [2.75, 3.05) is 20.2 Å². The van der Waals surface area contributed by atoms with E-state index in [4.69, 9.17) is 9.47 Å². The first-order valence-electron chi connectivity index (χ1n) is 11.5. The van der Waals surface area contributed by atoms with Crippen LogP contribution in [0, 0.1) is 12.3 Å². The second kappa shape index (κ2) is 7.73. The summed E-state index contributed by atoms with van der Waals surface area (Å²) in [6.45, 7) is 5.90. The number of hydrogen-bond donors (Lipinski definition) is 0. The van der Waals surface area contributed by atoms with Gasteiger partial charge in [-0.15, -0.1) is 0 Å². The van der Waals surface area contributed by atoms with Gasteiger partial charge >= 0.3 is 11.9 Å². The molecule has 1 amide bonds. The van der Waals surface area contributed by atoms with E-state index in [9.17, 15) is 14.4 Å². The molecule has 2 fully saturated rings. The second-order valence-corrected chi connectivity index (χ2v) is 9.73. The standard InChI is InChI=1S/C25H30N2O5/c1-15-17(4-5-19-20(15)13-31-23(19)29)12-26(3)18-6-8-25(9-7-18)10-11-27(24(25)30)21-14-32-22(28)16(21)2/h4-5,18H,6-14H2,1-3H3/t18-,25+. The first kappa shape index (κ1) is 21.2. The summed E-state index contributed by atoms with van der Waals surface area (Å²) < 4.78 is 10.3. The van der Waals surface area contributed by atoms with Gasteiger partial charge in [0.25, 0.3) is 0 Å². The van der Waals surface area contributed by atoms with Crippen molar-refractivity contribution >= 4 is 17.8 Å². The molecule has 0 N–H and O–H groups in total. The molecule has 3 heterocycles. The zero-order chi connectivity index (χ0) is 22.6. The van der Waals surface area contributed by atoms with E-state index >= 15 is 0 Å². The topological polar surface area (TPSA) is 76.2 Å². The van der Waals surface area contributed by atoms with Crippen LogP contribution in [0.1, 0.15) is 66.1 Å². The highest BCUT2D eigenvalue weighted by molar-refractivity contribution is 5.94. The zero-order valence-electron chi connectivity index (χ0n) is 19.0. The number of ether oxygens (including phenoxy) is 2. The number of rotatable bonds is 4. The Hall–Kier alpha value is -2.67. The van der Waals surface area contributed by atoms with Gasteiger partial charge in [0.05, 0.1) is 22.2 Å². The molecule has 1 spiro atoms. The minimum Gasteiger partial charge on any atom is -0.457 e. The van der Waals surface area contributed by atoms with Crippen molar-refractivity contribution in [3.8, 4) is 0 Å². The van der Waals surface area contributed by atoms with E-state index in [-0.39, 0.29) is 29.9 Å². The van der Waals surface area contributed by atoms with Gasteiger partial charge in [-0.2, -0.15) is 0 Å². The summed E-state index contributed by atoms with van der Waals surface area (Å²) >= 11 is 0. The smallest absolute Gasteiger partial charge is 0.338 e. The number of esters is 2. The first-order chi connectivity index (χ1) is 15.3. The lowest BCUT2D eigenvalue weighted by Gasteiger charge is -2.39. The van der Waals surface area contributed by atoms with Gasteiger partial charge in [-0.3, -0.25) is 9.69 Å². The molecule has 0 atom stereocenters. The predicted octanol–water partition coefficient (Wildman–Crippen LogP) is 3.09. The molecule has 4 aliphatic rings. The fourth-order valence-electron chi connectivity index (χ4n) is 5.85. The number of hydrogen-bond acceptors (Lipinski definition) is 6. The Balaban J connectivity index is 1.23. The van der Waals surface area contributed by atoms with Crippen molar-refractivity contribution < 1.29 is 23.9 Å². The molecule has 0 aromatic heterocycles. The lowest BCUT2D eigenvalue weighted by atomic mass is 9.71. The summed E-state index contributed by atoms with van der Waals surface area (Å²) in [6.07, 6.45) is 4.57. The lowest BCUT2D eigenvalue weighted by molar-refractivity contribution is -0.138. The van der Waals surface area contributed by atoms with Crippen molar-refractivity contribution in [1.82, 2.24) is 9.80 Å². The number of carbonyl (C=O) groups is 3. The Morgan fingerprint density at radius 3 is 2.44 bits per heavy atom. The van der Waals surface area contributed by atoms with Crippen LogP contribution in [0.25, 0.3) is 0 Å². The van der Waals surface area contributed by atoms with Crippen molar-refractivity contribution in [2.45, 2.75) is 65.1 Å². The molecule has 170 valence electrons. The monoisotopic (exact) mass is 438 g/mol. The maximum Gasteiger partial charge on any atom is 0.338 e. The van der Waals surface area contributed by atoms with Crippen LogP contribution in [0.15, 0.2) is 23.4 Å². The van der Waals surface area contributed by atoms with E-state index < -0.39 is 0 Å². The summed E-state index contributed by atoms with van der Waals surface area (Å²) in [6, 6.07) is 4.35. The van der Waals surface area contributed by atoms with Crippen LogP contribution in [-0.4, -0.2) is 53.9 Å². The zero-order valence-corrected chi connectivity index (χ0v) is 19.0. The van der Waals surface area contributed by atoms with Gasteiger partial charge in [-0.1, -0.05) is 6.07 Å². The lowest BCUT2D eigenvalue weighted by Crippen LogP contribution is -2.42. The average molecular weight is 439 g/mol. The van der Waals surface area contributed by atoms with Crippen molar-refractivity contribution in [3.05, 3.63) is 45.7 Å². The number of fused-ring (bicyclic) bond motifs is 1.